The summed E-state index contributed by atoms with van der Waals surface area (Å²) >= 11 is 0. The van der Waals surface area contributed by atoms with Gasteiger partial charge in [-0.25, -0.2) is 0 Å². The second-order valence-electron chi connectivity index (χ2n) is 7.06. The predicted molar refractivity (Wildman–Crippen MR) is 122 cm³/mol. The van der Waals surface area contributed by atoms with E-state index in [-0.39, 0.29) is 11.4 Å². The lowest BCUT2D eigenvalue weighted by Crippen LogP contribution is -1.92. The van der Waals surface area contributed by atoms with Crippen molar-refractivity contribution in [1.82, 2.24) is 0 Å². The van der Waals surface area contributed by atoms with Gasteiger partial charge in [-0.1, -0.05) is 42.0 Å². The van der Waals surface area contributed by atoms with E-state index < -0.39 is 15.5 Å². The molecule has 4 aromatic rings. The second kappa shape index (κ2) is 8.60. The number of hydrogen-bond donors (Lipinski definition) is 1. The molecule has 0 aromatic heterocycles. The van der Waals surface area contributed by atoms with Crippen LogP contribution in [0, 0.1) is 27.2 Å². The quantitative estimate of drug-likeness (QED) is 0.199. The van der Waals surface area contributed by atoms with Gasteiger partial charge < -0.3 is 5.32 Å². The molecule has 4 rings (SSSR count). The van der Waals surface area contributed by atoms with Gasteiger partial charge in [0.25, 0.3) is 5.69 Å². The first-order chi connectivity index (χ1) is 15.4. The first-order valence-corrected chi connectivity index (χ1v) is 9.62. The van der Waals surface area contributed by atoms with Crippen LogP contribution in [0.2, 0.25) is 0 Å². The number of fused-ring (bicyclic) bond motifs is 1. The summed E-state index contributed by atoms with van der Waals surface area (Å²) in [7, 11) is 0. The van der Waals surface area contributed by atoms with Crippen molar-refractivity contribution in [1.29, 1.82) is 0 Å². The van der Waals surface area contributed by atoms with Crippen LogP contribution in [-0.4, -0.2) is 9.85 Å². The zero-order chi connectivity index (χ0) is 22.7. The van der Waals surface area contributed by atoms with Crippen molar-refractivity contribution in [2.45, 2.75) is 6.92 Å². The predicted octanol–water partition coefficient (Wildman–Crippen LogP) is 7.12. The summed E-state index contributed by atoms with van der Waals surface area (Å²) in [6.45, 7) is 2.02. The molecule has 9 heteroatoms. The number of benzene rings is 4. The summed E-state index contributed by atoms with van der Waals surface area (Å²) in [5, 5.41) is 35.6. The Morgan fingerprint density at radius 2 is 1.41 bits per heavy atom. The van der Waals surface area contributed by atoms with Crippen LogP contribution < -0.4 is 5.32 Å². The summed E-state index contributed by atoms with van der Waals surface area (Å²) in [4.78, 5) is 20.8. The summed E-state index contributed by atoms with van der Waals surface area (Å²) < 4.78 is 0. The van der Waals surface area contributed by atoms with Crippen molar-refractivity contribution >= 4 is 44.9 Å². The second-order valence-corrected chi connectivity index (χ2v) is 7.06. The van der Waals surface area contributed by atoms with Crippen LogP contribution in [0.25, 0.3) is 10.8 Å². The number of hydrogen-bond acceptors (Lipinski definition) is 7. The molecule has 0 spiro atoms. The Labute approximate surface area is 182 Å². The monoisotopic (exact) mass is 427 g/mol. The Balaban J connectivity index is 1.72. The number of nitro groups is 2. The molecule has 0 saturated carbocycles. The van der Waals surface area contributed by atoms with Crippen LogP contribution in [0.4, 0.5) is 34.1 Å². The molecule has 0 amide bonds. The maximum absolute atomic E-state index is 11.3. The Morgan fingerprint density at radius 3 is 2.09 bits per heavy atom. The Morgan fingerprint density at radius 1 is 0.750 bits per heavy atom. The number of anilines is 2. The average Bonchev–Trinajstić information content (AvgIpc) is 2.79. The number of azo groups is 1. The minimum absolute atomic E-state index is 0.0634. The SMILES string of the molecule is Cc1ccc(Nc2ccc(N=Nc3ccc([N+](=O)[O-])cc3[N+](=O)[O-])c3ccccc23)cc1. The number of rotatable bonds is 6. The van der Waals surface area contributed by atoms with Crippen molar-refractivity contribution in [3.63, 3.8) is 0 Å². The minimum Gasteiger partial charge on any atom is -0.355 e. The highest BCUT2D eigenvalue weighted by Crippen LogP contribution is 2.36. The lowest BCUT2D eigenvalue weighted by Gasteiger charge is -2.11. The van der Waals surface area contributed by atoms with Crippen LogP contribution in [0.1, 0.15) is 5.56 Å². The van der Waals surface area contributed by atoms with Crippen molar-refractivity contribution in [3.05, 3.63) is 105 Å². The molecule has 32 heavy (non-hydrogen) atoms. The maximum atomic E-state index is 11.3. The standard InChI is InChI=1S/C23H17N5O4/c1-15-6-8-16(9-7-15)24-20-12-13-21(19-5-3-2-4-18(19)20)25-26-22-11-10-17(27(29)30)14-23(22)28(31)32/h2-14,24H,1H3. The minimum atomic E-state index is -0.714. The van der Waals surface area contributed by atoms with Crippen LogP contribution >= 0.6 is 0 Å². The molecule has 1 N–H and O–H groups in total. The summed E-state index contributed by atoms with van der Waals surface area (Å²) in [6, 6.07) is 22.5. The van der Waals surface area contributed by atoms with Gasteiger partial charge in [-0.05, 0) is 37.3 Å². The third-order valence-corrected chi connectivity index (χ3v) is 4.86. The van der Waals surface area contributed by atoms with Crippen molar-refractivity contribution < 1.29 is 9.85 Å². The van der Waals surface area contributed by atoms with Gasteiger partial charge in [-0.15, -0.1) is 10.2 Å². The zero-order valence-electron chi connectivity index (χ0n) is 16.9. The third-order valence-electron chi connectivity index (χ3n) is 4.86. The first kappa shape index (κ1) is 20.6. The van der Waals surface area contributed by atoms with Gasteiger partial charge in [-0.2, -0.15) is 0 Å². The van der Waals surface area contributed by atoms with Gasteiger partial charge in [0.2, 0.25) is 0 Å². The van der Waals surface area contributed by atoms with Crippen LogP contribution in [0.15, 0.2) is 89.1 Å². The number of non-ortho nitro benzene ring substituents is 1. The normalized spacial score (nSPS) is 11.0. The van der Waals surface area contributed by atoms with Crippen molar-refractivity contribution in [3.8, 4) is 0 Å². The Hall–Kier alpha value is -4.66. The molecule has 0 radical (unpaired) electrons. The number of nitrogens with zero attached hydrogens (tertiary/aromatic N) is 4. The van der Waals surface area contributed by atoms with E-state index in [4.69, 9.17) is 0 Å². The van der Waals surface area contributed by atoms with Gasteiger partial charge in [0.1, 0.15) is 0 Å². The fourth-order valence-corrected chi connectivity index (χ4v) is 3.24. The fourth-order valence-electron chi connectivity index (χ4n) is 3.24. The first-order valence-electron chi connectivity index (χ1n) is 9.62. The van der Waals surface area contributed by atoms with Gasteiger partial charge in [0.15, 0.2) is 5.69 Å². The van der Waals surface area contributed by atoms with E-state index in [0.717, 1.165) is 39.8 Å². The highest BCUT2D eigenvalue weighted by Gasteiger charge is 2.19. The molecule has 9 nitrogen and oxygen atoms in total. The lowest BCUT2D eigenvalue weighted by atomic mass is 10.1. The van der Waals surface area contributed by atoms with E-state index in [0.29, 0.717) is 5.69 Å². The maximum Gasteiger partial charge on any atom is 0.303 e. The van der Waals surface area contributed by atoms with Gasteiger partial charge >= 0.3 is 5.69 Å². The van der Waals surface area contributed by atoms with Gasteiger partial charge in [-0.3, -0.25) is 20.2 Å². The Kier molecular flexibility index (Phi) is 5.54. The van der Waals surface area contributed by atoms with E-state index in [1.54, 1.807) is 6.07 Å². The molecular weight excluding hydrogens is 410 g/mol. The molecule has 0 bridgehead atoms. The summed E-state index contributed by atoms with van der Waals surface area (Å²) in [5.74, 6) is 0. The zero-order valence-corrected chi connectivity index (χ0v) is 16.9. The highest BCUT2D eigenvalue weighted by atomic mass is 16.6. The molecule has 0 atom stereocenters. The number of aryl methyl sites for hydroxylation is 1. The highest BCUT2D eigenvalue weighted by molar-refractivity contribution is 6.01. The molecule has 0 aliphatic heterocycles. The van der Waals surface area contributed by atoms with E-state index >= 15 is 0 Å². The summed E-state index contributed by atoms with van der Waals surface area (Å²) in [6.07, 6.45) is 0. The van der Waals surface area contributed by atoms with E-state index in [2.05, 4.69) is 15.5 Å². The van der Waals surface area contributed by atoms with E-state index in [1.807, 2.05) is 61.5 Å². The number of nitro benzene ring substituents is 2. The lowest BCUT2D eigenvalue weighted by molar-refractivity contribution is -0.393. The Bertz CT molecular complexity index is 1370. The molecule has 0 aliphatic carbocycles. The van der Waals surface area contributed by atoms with Gasteiger partial charge in [0, 0.05) is 28.2 Å². The molecule has 0 fully saturated rings. The average molecular weight is 427 g/mol. The van der Waals surface area contributed by atoms with Crippen LogP contribution in [0.3, 0.4) is 0 Å². The molecule has 0 unspecified atom stereocenters. The molecule has 4 aromatic carbocycles. The van der Waals surface area contributed by atoms with Crippen molar-refractivity contribution in [2.75, 3.05) is 5.32 Å². The molecule has 158 valence electrons. The third kappa shape index (κ3) is 4.26. The topological polar surface area (TPSA) is 123 Å². The van der Waals surface area contributed by atoms with Crippen LogP contribution in [-0.2, 0) is 0 Å². The fraction of sp³-hybridized carbons (Fsp3) is 0.0435. The number of nitrogens with one attached hydrogen (secondary N) is 1. The molecule has 0 aliphatic rings. The molecular formula is C23H17N5O4. The largest absolute Gasteiger partial charge is 0.355 e. The molecule has 0 heterocycles. The van der Waals surface area contributed by atoms with Crippen LogP contribution in [0.5, 0.6) is 0 Å². The summed E-state index contributed by atoms with van der Waals surface area (Å²) in [5.41, 5.74) is 2.57. The van der Waals surface area contributed by atoms with Gasteiger partial charge in [0.05, 0.1) is 21.6 Å². The smallest absolute Gasteiger partial charge is 0.303 e. The van der Waals surface area contributed by atoms with E-state index in [9.17, 15) is 20.2 Å². The molecule has 0 saturated heterocycles. The van der Waals surface area contributed by atoms with E-state index in [1.165, 1.54) is 6.07 Å². The van der Waals surface area contributed by atoms with Crippen molar-refractivity contribution in [2.24, 2.45) is 10.2 Å².